The zero-order valence-electron chi connectivity index (χ0n) is 10.9. The summed E-state index contributed by atoms with van der Waals surface area (Å²) in [6.45, 7) is 4.04. The van der Waals surface area contributed by atoms with Gasteiger partial charge in [0.25, 0.3) is 0 Å². The van der Waals surface area contributed by atoms with E-state index in [9.17, 15) is 4.79 Å². The molecule has 0 saturated heterocycles. The number of hydrogen-bond acceptors (Lipinski definition) is 2. The molecule has 0 unspecified atom stereocenters. The van der Waals surface area contributed by atoms with Gasteiger partial charge in [0.2, 0.25) is 5.78 Å². The van der Waals surface area contributed by atoms with Crippen LogP contribution in [0.25, 0.3) is 0 Å². The van der Waals surface area contributed by atoms with E-state index in [4.69, 9.17) is 16.3 Å². The van der Waals surface area contributed by atoms with Crippen LogP contribution in [0.15, 0.2) is 42.5 Å². The van der Waals surface area contributed by atoms with Gasteiger partial charge in [-0.05, 0) is 49.2 Å². The van der Waals surface area contributed by atoms with Crippen molar-refractivity contribution < 1.29 is 9.53 Å². The number of benzene rings is 2. The van der Waals surface area contributed by atoms with Gasteiger partial charge in [0.05, 0.1) is 5.02 Å². The van der Waals surface area contributed by atoms with E-state index in [-0.39, 0.29) is 12.4 Å². The van der Waals surface area contributed by atoms with Crippen LogP contribution in [0, 0.1) is 13.8 Å². The Bertz CT molecular complexity index is 605. The predicted molar refractivity (Wildman–Crippen MR) is 77.2 cm³/mol. The van der Waals surface area contributed by atoms with Gasteiger partial charge in [-0.25, -0.2) is 0 Å². The molecule has 0 radical (unpaired) electrons. The first-order valence-electron chi connectivity index (χ1n) is 6.05. The molecule has 2 nitrogen and oxygen atoms in total. The molecule has 3 heteroatoms. The number of aryl methyl sites for hydroxylation is 2. The molecule has 0 spiro atoms. The van der Waals surface area contributed by atoms with E-state index in [1.165, 1.54) is 5.56 Å². The highest BCUT2D eigenvalue weighted by Crippen LogP contribution is 2.18. The van der Waals surface area contributed by atoms with Crippen LogP contribution < -0.4 is 4.74 Å². The fourth-order valence-electron chi connectivity index (χ4n) is 1.72. The van der Waals surface area contributed by atoms with Crippen LogP contribution in [-0.2, 0) is 0 Å². The van der Waals surface area contributed by atoms with Crippen molar-refractivity contribution in [3.8, 4) is 5.75 Å². The van der Waals surface area contributed by atoms with Crippen LogP contribution in [0.2, 0.25) is 5.02 Å². The molecule has 0 heterocycles. The maximum absolute atomic E-state index is 12.0. The van der Waals surface area contributed by atoms with E-state index in [1.807, 2.05) is 32.0 Å². The Hall–Kier alpha value is -1.80. The molecule has 0 fully saturated rings. The van der Waals surface area contributed by atoms with Crippen LogP contribution in [0.1, 0.15) is 21.5 Å². The third-order valence-electron chi connectivity index (χ3n) is 3.02. The second kappa shape index (κ2) is 5.89. The van der Waals surface area contributed by atoms with Gasteiger partial charge in [0, 0.05) is 5.56 Å². The minimum Gasteiger partial charge on any atom is -0.485 e. The van der Waals surface area contributed by atoms with Crippen LogP contribution >= 0.6 is 11.6 Å². The van der Waals surface area contributed by atoms with Crippen molar-refractivity contribution in [1.82, 2.24) is 0 Å². The number of hydrogen-bond donors (Lipinski definition) is 0. The molecule has 0 bridgehead atoms. The predicted octanol–water partition coefficient (Wildman–Crippen LogP) is 4.22. The van der Waals surface area contributed by atoms with Gasteiger partial charge in [-0.1, -0.05) is 29.8 Å². The molecule has 98 valence electrons. The highest BCUT2D eigenvalue weighted by atomic mass is 35.5. The first-order chi connectivity index (χ1) is 9.08. The molecule has 2 aromatic rings. The van der Waals surface area contributed by atoms with E-state index < -0.39 is 0 Å². The Morgan fingerprint density at radius 2 is 1.84 bits per heavy atom. The van der Waals surface area contributed by atoms with Crippen LogP contribution in [0.4, 0.5) is 0 Å². The molecule has 0 aliphatic heterocycles. The van der Waals surface area contributed by atoms with Gasteiger partial charge in [-0.15, -0.1) is 0 Å². The standard InChI is InChI=1S/C16H15ClO2/c1-11-7-8-13(9-12(11)2)19-10-16(18)14-5-3-4-6-15(14)17/h3-9H,10H2,1-2H3. The zero-order valence-corrected chi connectivity index (χ0v) is 11.7. The number of carbonyl (C=O) groups is 1. The second-order valence-corrected chi connectivity index (χ2v) is 4.84. The van der Waals surface area contributed by atoms with Crippen molar-refractivity contribution in [1.29, 1.82) is 0 Å². The quantitative estimate of drug-likeness (QED) is 0.781. The van der Waals surface area contributed by atoms with Crippen molar-refractivity contribution in [2.24, 2.45) is 0 Å². The molecule has 0 aliphatic carbocycles. The fraction of sp³-hybridized carbons (Fsp3) is 0.188. The monoisotopic (exact) mass is 274 g/mol. The fourth-order valence-corrected chi connectivity index (χ4v) is 1.96. The first kappa shape index (κ1) is 13.6. The SMILES string of the molecule is Cc1ccc(OCC(=O)c2ccccc2Cl)cc1C. The Kier molecular flexibility index (Phi) is 4.23. The molecular formula is C16H15ClO2. The highest BCUT2D eigenvalue weighted by molar-refractivity contribution is 6.34. The Morgan fingerprint density at radius 1 is 1.11 bits per heavy atom. The summed E-state index contributed by atoms with van der Waals surface area (Å²) in [6, 6.07) is 12.7. The summed E-state index contributed by atoms with van der Waals surface area (Å²) in [5, 5.41) is 0.455. The third-order valence-corrected chi connectivity index (χ3v) is 3.35. The van der Waals surface area contributed by atoms with Gasteiger partial charge in [0.1, 0.15) is 5.75 Å². The average Bonchev–Trinajstić information content (AvgIpc) is 2.40. The number of carbonyl (C=O) groups excluding carboxylic acids is 1. The molecule has 0 aliphatic rings. The van der Waals surface area contributed by atoms with E-state index in [2.05, 4.69) is 0 Å². The lowest BCUT2D eigenvalue weighted by molar-refractivity contribution is 0.0921. The average molecular weight is 275 g/mol. The molecule has 2 aromatic carbocycles. The van der Waals surface area contributed by atoms with Crippen LogP contribution in [0.5, 0.6) is 5.75 Å². The van der Waals surface area contributed by atoms with E-state index in [0.29, 0.717) is 16.3 Å². The van der Waals surface area contributed by atoms with Gasteiger partial charge in [-0.2, -0.15) is 0 Å². The zero-order chi connectivity index (χ0) is 13.8. The van der Waals surface area contributed by atoms with Crippen molar-refractivity contribution in [2.75, 3.05) is 6.61 Å². The van der Waals surface area contributed by atoms with Crippen molar-refractivity contribution in [3.63, 3.8) is 0 Å². The summed E-state index contributed by atoms with van der Waals surface area (Å²) >= 11 is 5.97. The van der Waals surface area contributed by atoms with E-state index in [1.54, 1.807) is 24.3 Å². The summed E-state index contributed by atoms with van der Waals surface area (Å²) in [5.74, 6) is 0.576. The summed E-state index contributed by atoms with van der Waals surface area (Å²) in [4.78, 5) is 12.0. The van der Waals surface area contributed by atoms with Gasteiger partial charge >= 0.3 is 0 Å². The Balaban J connectivity index is 2.04. The van der Waals surface area contributed by atoms with Crippen LogP contribution in [-0.4, -0.2) is 12.4 Å². The van der Waals surface area contributed by atoms with Crippen molar-refractivity contribution in [2.45, 2.75) is 13.8 Å². The van der Waals surface area contributed by atoms with Crippen molar-refractivity contribution >= 4 is 17.4 Å². The third kappa shape index (κ3) is 3.36. The summed E-state index contributed by atoms with van der Waals surface area (Å²) in [7, 11) is 0. The molecular weight excluding hydrogens is 260 g/mol. The normalized spacial score (nSPS) is 10.3. The van der Waals surface area contributed by atoms with Crippen molar-refractivity contribution in [3.05, 3.63) is 64.2 Å². The van der Waals surface area contributed by atoms with E-state index in [0.717, 1.165) is 5.56 Å². The van der Waals surface area contributed by atoms with Crippen LogP contribution in [0.3, 0.4) is 0 Å². The number of ether oxygens (including phenoxy) is 1. The van der Waals surface area contributed by atoms with Gasteiger partial charge in [0.15, 0.2) is 6.61 Å². The highest BCUT2D eigenvalue weighted by Gasteiger charge is 2.10. The number of Topliss-reactive ketones (excluding diaryl/α,β-unsaturated/α-hetero) is 1. The summed E-state index contributed by atoms with van der Waals surface area (Å²) in [5.41, 5.74) is 2.83. The molecule has 0 atom stereocenters. The molecule has 0 N–H and O–H groups in total. The summed E-state index contributed by atoms with van der Waals surface area (Å²) in [6.07, 6.45) is 0. The number of halogens is 1. The first-order valence-corrected chi connectivity index (χ1v) is 6.43. The second-order valence-electron chi connectivity index (χ2n) is 4.44. The molecule has 19 heavy (non-hydrogen) atoms. The largest absolute Gasteiger partial charge is 0.485 e. The molecule has 2 rings (SSSR count). The Morgan fingerprint density at radius 3 is 2.53 bits per heavy atom. The van der Waals surface area contributed by atoms with E-state index >= 15 is 0 Å². The molecule has 0 saturated carbocycles. The lowest BCUT2D eigenvalue weighted by atomic mass is 10.1. The minimum absolute atomic E-state index is 0.00770. The maximum atomic E-state index is 12.0. The topological polar surface area (TPSA) is 26.3 Å². The van der Waals surface area contributed by atoms with Gasteiger partial charge in [-0.3, -0.25) is 4.79 Å². The lowest BCUT2D eigenvalue weighted by Gasteiger charge is -2.08. The minimum atomic E-state index is -0.121. The maximum Gasteiger partial charge on any atom is 0.201 e. The smallest absolute Gasteiger partial charge is 0.201 e. The summed E-state index contributed by atoms with van der Waals surface area (Å²) < 4.78 is 5.50. The van der Waals surface area contributed by atoms with Gasteiger partial charge < -0.3 is 4.74 Å². The number of ketones is 1. The molecule has 0 amide bonds. The Labute approximate surface area is 118 Å². The molecule has 0 aromatic heterocycles. The number of rotatable bonds is 4. The lowest BCUT2D eigenvalue weighted by Crippen LogP contribution is -2.12.